The first-order valence-corrected chi connectivity index (χ1v) is 7.69. The molecule has 3 nitrogen and oxygen atoms in total. The van der Waals surface area contributed by atoms with Gasteiger partial charge in [0.2, 0.25) is 0 Å². The number of halogens is 3. The van der Waals surface area contributed by atoms with Gasteiger partial charge in [0.15, 0.2) is 0 Å². The number of alkyl halides is 3. The van der Waals surface area contributed by atoms with Crippen molar-refractivity contribution in [2.45, 2.75) is 32.7 Å². The highest BCUT2D eigenvalue weighted by Crippen LogP contribution is 2.31. The topological polar surface area (TPSA) is 35.5 Å². The largest absolute Gasteiger partial charge is 0.573 e. The Balaban J connectivity index is 2.34. The van der Waals surface area contributed by atoms with E-state index < -0.39 is 17.9 Å². The molecule has 0 saturated heterocycles. The highest BCUT2D eigenvalue weighted by Gasteiger charge is 2.31. The molecule has 0 aliphatic carbocycles. The number of terminal acetylenes is 1. The van der Waals surface area contributed by atoms with Crippen LogP contribution in [0, 0.1) is 12.3 Å². The van der Waals surface area contributed by atoms with Crippen molar-refractivity contribution >= 4 is 5.97 Å². The molecule has 0 spiro atoms. The fourth-order valence-electron chi connectivity index (χ4n) is 2.21. The predicted octanol–water partition coefficient (Wildman–Crippen LogP) is 5.19. The second-order valence-corrected chi connectivity index (χ2v) is 6.48. The number of carbonyl (C=O) groups excluding carboxylic acids is 1. The molecule has 0 unspecified atom stereocenters. The summed E-state index contributed by atoms with van der Waals surface area (Å²) in [6.07, 6.45) is 0.630. The molecule has 0 N–H and O–H groups in total. The van der Waals surface area contributed by atoms with E-state index in [1.165, 1.54) is 24.3 Å². The molecule has 0 amide bonds. The maximum atomic E-state index is 12.4. The van der Waals surface area contributed by atoms with Crippen LogP contribution in [0.2, 0.25) is 0 Å². The number of esters is 1. The lowest BCUT2D eigenvalue weighted by molar-refractivity contribution is -0.274. The Labute approximate surface area is 149 Å². The van der Waals surface area contributed by atoms with Gasteiger partial charge in [-0.25, -0.2) is 4.79 Å². The molecule has 0 fully saturated rings. The maximum Gasteiger partial charge on any atom is 0.573 e. The van der Waals surface area contributed by atoms with Gasteiger partial charge in [-0.05, 0) is 56.7 Å². The molecule has 26 heavy (non-hydrogen) atoms. The first-order valence-electron chi connectivity index (χ1n) is 7.69. The van der Waals surface area contributed by atoms with Gasteiger partial charge in [0.05, 0.1) is 5.56 Å². The minimum absolute atomic E-state index is 0.327. The third kappa shape index (κ3) is 5.28. The van der Waals surface area contributed by atoms with Gasteiger partial charge < -0.3 is 9.47 Å². The van der Waals surface area contributed by atoms with Crippen molar-refractivity contribution in [2.24, 2.45) is 0 Å². The quantitative estimate of drug-likeness (QED) is 0.557. The van der Waals surface area contributed by atoms with Crippen LogP contribution in [0.3, 0.4) is 0 Å². The van der Waals surface area contributed by atoms with Gasteiger partial charge in [-0.1, -0.05) is 18.1 Å². The standard InChI is InChI=1S/C20H17F3O3/c1-5-13-10-11-16(25-20(21,22)23)12-17(13)14-6-8-15(9-7-14)18(24)26-19(2,3)4/h1,6-12H,2-4H3. The Hall–Kier alpha value is -2.94. The number of hydrogen-bond donors (Lipinski definition) is 0. The van der Waals surface area contributed by atoms with E-state index >= 15 is 0 Å². The molecule has 0 aliphatic heterocycles. The lowest BCUT2D eigenvalue weighted by Gasteiger charge is -2.19. The van der Waals surface area contributed by atoms with Crippen molar-refractivity contribution in [3.63, 3.8) is 0 Å². The van der Waals surface area contributed by atoms with E-state index in [9.17, 15) is 18.0 Å². The minimum atomic E-state index is -4.80. The molecule has 0 radical (unpaired) electrons. The van der Waals surface area contributed by atoms with E-state index in [0.29, 0.717) is 22.3 Å². The van der Waals surface area contributed by atoms with Crippen molar-refractivity contribution in [1.82, 2.24) is 0 Å². The van der Waals surface area contributed by atoms with Crippen LogP contribution >= 0.6 is 0 Å². The summed E-state index contributed by atoms with van der Waals surface area (Å²) in [4.78, 5) is 12.0. The van der Waals surface area contributed by atoms with Crippen molar-refractivity contribution in [3.8, 4) is 29.2 Å². The van der Waals surface area contributed by atoms with Crippen LogP contribution in [0.4, 0.5) is 13.2 Å². The predicted molar refractivity (Wildman–Crippen MR) is 91.7 cm³/mol. The van der Waals surface area contributed by atoms with E-state index in [-0.39, 0.29) is 5.75 Å². The average molecular weight is 362 g/mol. The minimum Gasteiger partial charge on any atom is -0.456 e. The Kier molecular flexibility index (Phi) is 5.31. The number of benzene rings is 2. The summed E-state index contributed by atoms with van der Waals surface area (Å²) in [5, 5.41) is 0. The monoisotopic (exact) mass is 362 g/mol. The van der Waals surface area contributed by atoms with Gasteiger partial charge >= 0.3 is 12.3 Å². The SMILES string of the molecule is C#Cc1ccc(OC(F)(F)F)cc1-c1ccc(C(=O)OC(C)(C)C)cc1. The second kappa shape index (κ2) is 7.12. The van der Waals surface area contributed by atoms with E-state index in [0.717, 1.165) is 6.07 Å². The smallest absolute Gasteiger partial charge is 0.456 e. The number of carbonyl (C=O) groups is 1. The van der Waals surface area contributed by atoms with Gasteiger partial charge in [0, 0.05) is 11.1 Å². The molecule has 0 heterocycles. The summed E-state index contributed by atoms with van der Waals surface area (Å²) >= 11 is 0. The third-order valence-electron chi connectivity index (χ3n) is 3.21. The molecule has 6 heteroatoms. The Morgan fingerprint density at radius 3 is 2.15 bits per heavy atom. The Bertz CT molecular complexity index is 839. The zero-order valence-electron chi connectivity index (χ0n) is 14.5. The molecule has 2 rings (SSSR count). The molecule has 0 atom stereocenters. The summed E-state index contributed by atoms with van der Waals surface area (Å²) in [6.45, 7) is 5.26. The zero-order chi connectivity index (χ0) is 19.5. The van der Waals surface area contributed by atoms with Crippen LogP contribution in [0.25, 0.3) is 11.1 Å². The summed E-state index contributed by atoms with van der Waals surface area (Å²) < 4.78 is 46.5. The average Bonchev–Trinajstić information content (AvgIpc) is 2.52. The summed E-state index contributed by atoms with van der Waals surface area (Å²) in [6, 6.07) is 9.98. The van der Waals surface area contributed by atoms with E-state index in [4.69, 9.17) is 11.2 Å². The Morgan fingerprint density at radius 1 is 1.04 bits per heavy atom. The van der Waals surface area contributed by atoms with Crippen LogP contribution in [0.5, 0.6) is 5.75 Å². The van der Waals surface area contributed by atoms with Crippen LogP contribution in [0.1, 0.15) is 36.7 Å². The van der Waals surface area contributed by atoms with E-state index in [1.54, 1.807) is 32.9 Å². The molecule has 0 saturated carbocycles. The summed E-state index contributed by atoms with van der Waals surface area (Å²) in [7, 11) is 0. The molecule has 2 aromatic carbocycles. The van der Waals surface area contributed by atoms with Crippen LogP contribution < -0.4 is 4.74 Å². The molecule has 0 bridgehead atoms. The van der Waals surface area contributed by atoms with Gasteiger partial charge in [-0.3, -0.25) is 0 Å². The summed E-state index contributed by atoms with van der Waals surface area (Å²) in [5.41, 5.74) is 1.05. The Morgan fingerprint density at radius 2 is 1.65 bits per heavy atom. The zero-order valence-corrected chi connectivity index (χ0v) is 14.5. The fourth-order valence-corrected chi connectivity index (χ4v) is 2.21. The van der Waals surface area contributed by atoms with E-state index in [1.807, 2.05) is 0 Å². The highest BCUT2D eigenvalue weighted by molar-refractivity contribution is 5.90. The molecule has 136 valence electrons. The third-order valence-corrected chi connectivity index (χ3v) is 3.21. The molecule has 0 aromatic heterocycles. The number of rotatable bonds is 3. The van der Waals surface area contributed by atoms with Crippen molar-refractivity contribution in [3.05, 3.63) is 53.6 Å². The highest BCUT2D eigenvalue weighted by atomic mass is 19.4. The molecule has 2 aromatic rings. The van der Waals surface area contributed by atoms with Gasteiger partial charge in [-0.15, -0.1) is 19.6 Å². The summed E-state index contributed by atoms with van der Waals surface area (Å²) in [5.74, 6) is 1.56. The number of ether oxygens (including phenoxy) is 2. The lowest BCUT2D eigenvalue weighted by Crippen LogP contribution is -2.23. The van der Waals surface area contributed by atoms with E-state index in [2.05, 4.69) is 10.7 Å². The second-order valence-electron chi connectivity index (χ2n) is 6.48. The van der Waals surface area contributed by atoms with Crippen molar-refractivity contribution in [1.29, 1.82) is 0 Å². The fraction of sp³-hybridized carbons (Fsp3) is 0.250. The first-order chi connectivity index (χ1) is 12.0. The van der Waals surface area contributed by atoms with Crippen LogP contribution in [-0.4, -0.2) is 17.9 Å². The molecular formula is C20H17F3O3. The normalized spacial score (nSPS) is 11.6. The number of hydrogen-bond acceptors (Lipinski definition) is 3. The van der Waals surface area contributed by atoms with Gasteiger partial charge in [0.25, 0.3) is 0 Å². The molecule has 0 aliphatic rings. The van der Waals surface area contributed by atoms with Gasteiger partial charge in [0.1, 0.15) is 11.4 Å². The maximum absolute atomic E-state index is 12.4. The van der Waals surface area contributed by atoms with Crippen molar-refractivity contribution < 1.29 is 27.4 Å². The van der Waals surface area contributed by atoms with Gasteiger partial charge in [-0.2, -0.15) is 0 Å². The first kappa shape index (κ1) is 19.4. The van der Waals surface area contributed by atoms with Crippen molar-refractivity contribution in [2.75, 3.05) is 0 Å². The lowest BCUT2D eigenvalue weighted by atomic mass is 9.98. The molecular weight excluding hydrogens is 345 g/mol. The van der Waals surface area contributed by atoms with Crippen LogP contribution in [0.15, 0.2) is 42.5 Å². The van der Waals surface area contributed by atoms with Crippen LogP contribution in [-0.2, 0) is 4.74 Å².